The number of hydrogen-bond acceptors (Lipinski definition) is 3. The summed E-state index contributed by atoms with van der Waals surface area (Å²) in [7, 11) is 0. The predicted octanol–water partition coefficient (Wildman–Crippen LogP) is 10.8. The van der Waals surface area contributed by atoms with Gasteiger partial charge in [0.15, 0.2) is 0 Å². The summed E-state index contributed by atoms with van der Waals surface area (Å²) in [6.07, 6.45) is 1.94. The topological polar surface area (TPSA) is 25.8 Å². The van der Waals surface area contributed by atoms with Crippen molar-refractivity contribution < 1.29 is 0 Å². The van der Waals surface area contributed by atoms with E-state index in [9.17, 15) is 0 Å². The Hall–Kier alpha value is -5.12. The lowest BCUT2D eigenvalue weighted by Gasteiger charge is -2.13. The second kappa shape index (κ2) is 8.69. The fourth-order valence-corrected chi connectivity index (χ4v) is 7.71. The van der Waals surface area contributed by atoms with Crippen molar-refractivity contribution in [2.24, 2.45) is 0 Å². The normalized spacial score (nSPS) is 11.9. The highest BCUT2D eigenvalue weighted by molar-refractivity contribution is 7.26. The van der Waals surface area contributed by atoms with Crippen LogP contribution in [0.3, 0.4) is 0 Å². The molecule has 0 aliphatic rings. The molecule has 41 heavy (non-hydrogen) atoms. The second-order valence-electron chi connectivity index (χ2n) is 10.5. The van der Waals surface area contributed by atoms with Crippen LogP contribution < -0.4 is 0 Å². The zero-order valence-electron chi connectivity index (χ0n) is 22.0. The molecule has 0 saturated heterocycles. The largest absolute Gasteiger partial charge is 0.252 e. The minimum Gasteiger partial charge on any atom is -0.252 e. The van der Waals surface area contributed by atoms with Crippen LogP contribution in [0.25, 0.3) is 85.9 Å². The first-order valence-electron chi connectivity index (χ1n) is 13.8. The Kier molecular flexibility index (Phi) is 4.80. The lowest BCUT2D eigenvalue weighted by Crippen LogP contribution is -1.93. The standard InChI is InChI=1S/C38H22N2S/c1-3-13-30-25(10-1)26-11-2-4-14-31(26)37-36(30)39-22-34(40-37)28-18-8-15-23-24(28)16-7-17-27(23)32-19-9-20-33-29-12-5-6-21-35(29)41-38(32)33/h1-22H. The van der Waals surface area contributed by atoms with Gasteiger partial charge in [0.05, 0.1) is 22.9 Å². The maximum atomic E-state index is 5.29. The maximum Gasteiger partial charge on any atom is 0.0979 e. The second-order valence-corrected chi connectivity index (χ2v) is 11.6. The Morgan fingerprint density at radius 2 is 0.927 bits per heavy atom. The van der Waals surface area contributed by atoms with E-state index in [0.29, 0.717) is 0 Å². The number of thiophene rings is 1. The highest BCUT2D eigenvalue weighted by Crippen LogP contribution is 2.43. The van der Waals surface area contributed by atoms with Crippen molar-refractivity contribution in [3.05, 3.63) is 134 Å². The minimum absolute atomic E-state index is 0.890. The van der Waals surface area contributed by atoms with Crippen molar-refractivity contribution in [3.63, 3.8) is 0 Å². The number of fused-ring (bicyclic) bond motifs is 10. The van der Waals surface area contributed by atoms with Crippen LogP contribution >= 0.6 is 11.3 Å². The van der Waals surface area contributed by atoms with E-state index in [1.165, 1.54) is 52.8 Å². The first-order valence-corrected chi connectivity index (χ1v) is 14.7. The van der Waals surface area contributed by atoms with E-state index in [2.05, 4.69) is 127 Å². The minimum atomic E-state index is 0.890. The SMILES string of the molecule is c1ccc2c(c1)sc1c(-c3cccc4c(-c5cnc6c7ccccc7c7ccccc7c6n5)cccc34)cccc12. The molecule has 0 N–H and O–H groups in total. The summed E-state index contributed by atoms with van der Waals surface area (Å²) in [6.45, 7) is 0. The molecule has 0 aliphatic heterocycles. The van der Waals surface area contributed by atoms with Crippen LogP contribution in [0.2, 0.25) is 0 Å². The maximum absolute atomic E-state index is 5.29. The molecule has 190 valence electrons. The first-order chi connectivity index (χ1) is 20.3. The summed E-state index contributed by atoms with van der Waals surface area (Å²) < 4.78 is 2.65. The van der Waals surface area contributed by atoms with E-state index < -0.39 is 0 Å². The summed E-state index contributed by atoms with van der Waals surface area (Å²) in [5, 5.41) is 9.73. The van der Waals surface area contributed by atoms with Gasteiger partial charge in [-0.15, -0.1) is 11.3 Å². The Labute approximate surface area is 240 Å². The van der Waals surface area contributed by atoms with Gasteiger partial charge in [-0.1, -0.05) is 121 Å². The molecule has 0 saturated carbocycles. The van der Waals surface area contributed by atoms with Gasteiger partial charge in [-0.25, -0.2) is 4.98 Å². The van der Waals surface area contributed by atoms with Crippen LogP contribution in [-0.4, -0.2) is 9.97 Å². The fraction of sp³-hybridized carbons (Fsp3) is 0. The number of rotatable bonds is 2. The number of aromatic nitrogens is 2. The third-order valence-electron chi connectivity index (χ3n) is 8.32. The van der Waals surface area contributed by atoms with Crippen molar-refractivity contribution in [1.29, 1.82) is 0 Å². The molecule has 2 heterocycles. The van der Waals surface area contributed by atoms with Crippen LogP contribution in [-0.2, 0) is 0 Å². The monoisotopic (exact) mass is 538 g/mol. The van der Waals surface area contributed by atoms with E-state index >= 15 is 0 Å². The van der Waals surface area contributed by atoms with Gasteiger partial charge in [-0.3, -0.25) is 4.98 Å². The van der Waals surface area contributed by atoms with Gasteiger partial charge in [-0.2, -0.15) is 0 Å². The molecule has 9 rings (SSSR count). The molecule has 0 spiro atoms. The van der Waals surface area contributed by atoms with Crippen molar-refractivity contribution in [2.45, 2.75) is 0 Å². The van der Waals surface area contributed by atoms with E-state index in [4.69, 9.17) is 9.97 Å². The summed E-state index contributed by atoms with van der Waals surface area (Å²) in [6, 6.07) is 45.6. The molecule has 7 aromatic carbocycles. The molecule has 0 atom stereocenters. The Morgan fingerprint density at radius 3 is 1.68 bits per heavy atom. The van der Waals surface area contributed by atoms with Crippen LogP contribution in [0, 0.1) is 0 Å². The van der Waals surface area contributed by atoms with Gasteiger partial charge in [0.25, 0.3) is 0 Å². The third-order valence-corrected chi connectivity index (χ3v) is 9.54. The lowest BCUT2D eigenvalue weighted by molar-refractivity contribution is 1.31. The molecule has 0 unspecified atom stereocenters. The van der Waals surface area contributed by atoms with Gasteiger partial charge in [-0.05, 0) is 33.2 Å². The summed E-state index contributed by atoms with van der Waals surface area (Å²) in [5.41, 5.74) is 6.39. The number of hydrogen-bond donors (Lipinski definition) is 0. The zero-order chi connectivity index (χ0) is 26.9. The molecule has 0 amide bonds. The highest BCUT2D eigenvalue weighted by Gasteiger charge is 2.16. The third kappa shape index (κ3) is 3.30. The average Bonchev–Trinajstić information content (AvgIpc) is 3.43. The predicted molar refractivity (Wildman–Crippen MR) is 176 cm³/mol. The quantitative estimate of drug-likeness (QED) is 0.205. The highest BCUT2D eigenvalue weighted by atomic mass is 32.1. The van der Waals surface area contributed by atoms with Gasteiger partial charge < -0.3 is 0 Å². The molecular weight excluding hydrogens is 516 g/mol. The van der Waals surface area contributed by atoms with Crippen LogP contribution in [0.4, 0.5) is 0 Å². The number of nitrogens with zero attached hydrogens (tertiary/aromatic N) is 2. The van der Waals surface area contributed by atoms with E-state index in [0.717, 1.165) is 33.1 Å². The van der Waals surface area contributed by atoms with Crippen molar-refractivity contribution >= 4 is 74.9 Å². The van der Waals surface area contributed by atoms with Crippen LogP contribution in [0.5, 0.6) is 0 Å². The van der Waals surface area contributed by atoms with Gasteiger partial charge in [0.2, 0.25) is 0 Å². The summed E-state index contributed by atoms with van der Waals surface area (Å²) >= 11 is 1.87. The molecule has 2 aromatic heterocycles. The van der Waals surface area contributed by atoms with Crippen molar-refractivity contribution in [3.8, 4) is 22.4 Å². The first kappa shape index (κ1) is 22.7. The molecule has 3 heteroatoms. The molecule has 0 aliphatic carbocycles. The van der Waals surface area contributed by atoms with Crippen LogP contribution in [0.15, 0.2) is 134 Å². The van der Waals surface area contributed by atoms with Gasteiger partial charge >= 0.3 is 0 Å². The van der Waals surface area contributed by atoms with E-state index in [-0.39, 0.29) is 0 Å². The summed E-state index contributed by atoms with van der Waals surface area (Å²) in [5.74, 6) is 0. The Morgan fingerprint density at radius 1 is 0.390 bits per heavy atom. The molecule has 0 fully saturated rings. The summed E-state index contributed by atoms with van der Waals surface area (Å²) in [4.78, 5) is 10.3. The smallest absolute Gasteiger partial charge is 0.0979 e. The molecule has 0 bridgehead atoms. The fourth-order valence-electron chi connectivity index (χ4n) is 6.48. The Balaban J connectivity index is 1.30. The van der Waals surface area contributed by atoms with Gasteiger partial charge in [0.1, 0.15) is 0 Å². The van der Waals surface area contributed by atoms with E-state index in [1.54, 1.807) is 0 Å². The van der Waals surface area contributed by atoms with Crippen LogP contribution in [0.1, 0.15) is 0 Å². The number of benzene rings is 7. The Bertz CT molecular complexity index is 2450. The van der Waals surface area contributed by atoms with Crippen molar-refractivity contribution in [1.82, 2.24) is 9.97 Å². The van der Waals surface area contributed by atoms with Gasteiger partial charge in [0, 0.05) is 42.1 Å². The van der Waals surface area contributed by atoms with E-state index in [1.807, 2.05) is 17.5 Å². The average molecular weight is 539 g/mol. The molecule has 9 aromatic rings. The zero-order valence-corrected chi connectivity index (χ0v) is 22.8. The lowest BCUT2D eigenvalue weighted by atomic mass is 9.93. The molecule has 2 nitrogen and oxygen atoms in total. The molecule has 0 radical (unpaired) electrons. The molecular formula is C38H22N2S. The van der Waals surface area contributed by atoms with Crippen molar-refractivity contribution in [2.75, 3.05) is 0 Å².